The predicted octanol–water partition coefficient (Wildman–Crippen LogP) is 6.74. The smallest absolute Gasteiger partial charge is 0.265 e. The van der Waals surface area contributed by atoms with Crippen molar-refractivity contribution in [1.82, 2.24) is 0 Å². The number of carbonyl (C=O) groups excluding carboxylic acids is 2. The summed E-state index contributed by atoms with van der Waals surface area (Å²) < 4.78 is 5.65. The average Bonchev–Trinajstić information content (AvgIpc) is 2.87. The lowest BCUT2D eigenvalue weighted by Gasteiger charge is -2.16. The highest BCUT2D eigenvalue weighted by atomic mass is 35.5. The molecular weight excluding hydrogens is 462 g/mol. The summed E-state index contributed by atoms with van der Waals surface area (Å²) in [7, 11) is 0. The molecule has 0 bridgehead atoms. The molecule has 4 aromatic carbocycles. The topological polar surface area (TPSA) is 79.5 Å². The molecule has 4 aromatic rings. The Morgan fingerprint density at radius 3 is 2.03 bits per heavy atom. The summed E-state index contributed by atoms with van der Waals surface area (Å²) in [6.07, 6.45) is -0.747. The van der Waals surface area contributed by atoms with Crippen LogP contribution in [0.4, 0.5) is 22.7 Å². The molecule has 0 saturated carbocycles. The maximum Gasteiger partial charge on any atom is 0.265 e. The third-order valence-corrected chi connectivity index (χ3v) is 5.46. The van der Waals surface area contributed by atoms with Gasteiger partial charge in [0.1, 0.15) is 5.75 Å². The molecule has 1 atom stereocenters. The lowest BCUT2D eigenvalue weighted by Crippen LogP contribution is -2.30. The van der Waals surface area contributed by atoms with E-state index >= 15 is 0 Å². The van der Waals surface area contributed by atoms with Crippen LogP contribution in [0.25, 0.3) is 0 Å². The molecule has 0 saturated heterocycles. The Kier molecular flexibility index (Phi) is 7.65. The van der Waals surface area contributed by atoms with Gasteiger partial charge in [0.05, 0.1) is 16.3 Å². The van der Waals surface area contributed by atoms with Gasteiger partial charge in [0.25, 0.3) is 11.8 Å². The van der Waals surface area contributed by atoms with Crippen LogP contribution in [0.1, 0.15) is 17.3 Å². The summed E-state index contributed by atoms with van der Waals surface area (Å²) >= 11 is 6.09. The molecule has 176 valence electrons. The van der Waals surface area contributed by atoms with Crippen molar-refractivity contribution in [2.45, 2.75) is 13.0 Å². The van der Waals surface area contributed by atoms with Crippen molar-refractivity contribution in [3.63, 3.8) is 0 Å². The highest BCUT2D eigenvalue weighted by Gasteiger charge is 2.16. The van der Waals surface area contributed by atoms with Crippen molar-refractivity contribution in [3.8, 4) is 5.75 Å². The number of hydrogen-bond acceptors (Lipinski definition) is 4. The first kappa shape index (κ1) is 23.9. The zero-order chi connectivity index (χ0) is 24.6. The minimum atomic E-state index is -0.747. The SMILES string of the molecule is CC(Oc1ccccc1Cl)C(=O)Nc1ccc(NC(=O)c2ccccc2Nc2ccccc2)cc1. The first-order chi connectivity index (χ1) is 17.0. The molecule has 0 fully saturated rings. The van der Waals surface area contributed by atoms with Crippen LogP contribution in [0.2, 0.25) is 5.02 Å². The fourth-order valence-corrected chi connectivity index (χ4v) is 3.51. The van der Waals surface area contributed by atoms with Crippen LogP contribution in [0.5, 0.6) is 5.75 Å². The number of ether oxygens (including phenoxy) is 1. The lowest BCUT2D eigenvalue weighted by molar-refractivity contribution is -0.122. The first-order valence-electron chi connectivity index (χ1n) is 11.0. The van der Waals surface area contributed by atoms with Crippen LogP contribution in [0.15, 0.2) is 103 Å². The standard InChI is InChI=1S/C28H24ClN3O3/c1-19(35-26-14-8-6-12-24(26)29)27(33)31-21-15-17-22(18-16-21)32-28(34)23-11-5-7-13-25(23)30-20-9-3-2-4-10-20/h2-19,30H,1H3,(H,31,33)(H,32,34). The highest BCUT2D eigenvalue weighted by Crippen LogP contribution is 2.25. The Bertz CT molecular complexity index is 1310. The second-order valence-electron chi connectivity index (χ2n) is 7.75. The zero-order valence-electron chi connectivity index (χ0n) is 19.0. The van der Waals surface area contributed by atoms with Gasteiger partial charge in [-0.1, -0.05) is 54.1 Å². The quantitative estimate of drug-likeness (QED) is 0.258. The molecule has 2 amide bonds. The first-order valence-corrected chi connectivity index (χ1v) is 11.4. The Labute approximate surface area is 208 Å². The van der Waals surface area contributed by atoms with Crippen molar-refractivity contribution < 1.29 is 14.3 Å². The number of halogens is 1. The Hall–Kier alpha value is -4.29. The monoisotopic (exact) mass is 485 g/mol. The van der Waals surface area contributed by atoms with E-state index in [9.17, 15) is 9.59 Å². The molecule has 1 unspecified atom stereocenters. The van der Waals surface area contributed by atoms with Gasteiger partial charge in [-0.15, -0.1) is 0 Å². The number of benzene rings is 4. The Morgan fingerprint density at radius 1 is 0.714 bits per heavy atom. The van der Waals surface area contributed by atoms with Gasteiger partial charge < -0.3 is 20.7 Å². The van der Waals surface area contributed by atoms with Crippen LogP contribution in [0.3, 0.4) is 0 Å². The number of rotatable bonds is 8. The minimum absolute atomic E-state index is 0.248. The normalized spacial score (nSPS) is 11.3. The summed E-state index contributed by atoms with van der Waals surface area (Å²) in [5, 5.41) is 9.41. The van der Waals surface area contributed by atoms with Crippen molar-refractivity contribution in [2.75, 3.05) is 16.0 Å². The number of hydrogen-bond donors (Lipinski definition) is 3. The van der Waals surface area contributed by atoms with E-state index in [-0.39, 0.29) is 11.8 Å². The van der Waals surface area contributed by atoms with Gasteiger partial charge in [-0.3, -0.25) is 9.59 Å². The van der Waals surface area contributed by atoms with Gasteiger partial charge in [0, 0.05) is 17.1 Å². The molecule has 0 spiro atoms. The second kappa shape index (κ2) is 11.2. The van der Waals surface area contributed by atoms with Crippen molar-refractivity contribution in [1.29, 1.82) is 0 Å². The van der Waals surface area contributed by atoms with Gasteiger partial charge in [0.15, 0.2) is 6.10 Å². The molecule has 3 N–H and O–H groups in total. The van der Waals surface area contributed by atoms with Crippen LogP contribution in [0, 0.1) is 0 Å². The summed E-state index contributed by atoms with van der Waals surface area (Å²) in [6, 6.07) is 30.8. The van der Waals surface area contributed by atoms with E-state index in [0.29, 0.717) is 33.4 Å². The molecule has 0 aliphatic rings. The van der Waals surface area contributed by atoms with E-state index in [1.807, 2.05) is 48.5 Å². The molecular formula is C28H24ClN3O3. The number of nitrogens with one attached hydrogen (secondary N) is 3. The van der Waals surface area contributed by atoms with E-state index < -0.39 is 6.10 Å². The van der Waals surface area contributed by atoms with Crippen LogP contribution < -0.4 is 20.7 Å². The van der Waals surface area contributed by atoms with Crippen molar-refractivity contribution in [3.05, 3.63) is 114 Å². The molecule has 4 rings (SSSR count). The third kappa shape index (κ3) is 6.40. The fraction of sp³-hybridized carbons (Fsp3) is 0.0714. The summed E-state index contributed by atoms with van der Waals surface area (Å²) in [4.78, 5) is 25.4. The number of amides is 2. The van der Waals surface area contributed by atoms with E-state index in [0.717, 1.165) is 5.69 Å². The maximum absolute atomic E-state index is 12.9. The van der Waals surface area contributed by atoms with Crippen molar-refractivity contribution in [2.24, 2.45) is 0 Å². The number of carbonyl (C=O) groups is 2. The van der Waals surface area contributed by atoms with Crippen LogP contribution in [-0.2, 0) is 4.79 Å². The van der Waals surface area contributed by atoms with E-state index in [1.54, 1.807) is 61.5 Å². The van der Waals surface area contributed by atoms with E-state index in [2.05, 4.69) is 16.0 Å². The summed E-state index contributed by atoms with van der Waals surface area (Å²) in [6.45, 7) is 1.65. The molecule has 6 nitrogen and oxygen atoms in total. The minimum Gasteiger partial charge on any atom is -0.479 e. The lowest BCUT2D eigenvalue weighted by atomic mass is 10.1. The van der Waals surface area contributed by atoms with Crippen molar-refractivity contribution >= 4 is 46.2 Å². The molecule has 0 aromatic heterocycles. The zero-order valence-corrected chi connectivity index (χ0v) is 19.8. The Morgan fingerprint density at radius 2 is 1.31 bits per heavy atom. The third-order valence-electron chi connectivity index (χ3n) is 5.14. The van der Waals surface area contributed by atoms with E-state index in [1.165, 1.54) is 0 Å². The predicted molar refractivity (Wildman–Crippen MR) is 141 cm³/mol. The van der Waals surface area contributed by atoms with Crippen LogP contribution in [-0.4, -0.2) is 17.9 Å². The van der Waals surface area contributed by atoms with Gasteiger partial charge in [-0.05, 0) is 67.6 Å². The summed E-state index contributed by atoms with van der Waals surface area (Å²) in [5.41, 5.74) is 3.28. The molecule has 35 heavy (non-hydrogen) atoms. The molecule has 0 aliphatic heterocycles. The number of para-hydroxylation sites is 3. The van der Waals surface area contributed by atoms with E-state index in [4.69, 9.17) is 16.3 Å². The maximum atomic E-state index is 12.9. The van der Waals surface area contributed by atoms with Gasteiger partial charge in [0.2, 0.25) is 0 Å². The van der Waals surface area contributed by atoms with Crippen LogP contribution >= 0.6 is 11.6 Å². The summed E-state index contributed by atoms with van der Waals surface area (Å²) in [5.74, 6) is -0.123. The molecule has 7 heteroatoms. The highest BCUT2D eigenvalue weighted by molar-refractivity contribution is 6.32. The molecule has 0 radical (unpaired) electrons. The van der Waals surface area contributed by atoms with Gasteiger partial charge in [-0.2, -0.15) is 0 Å². The average molecular weight is 486 g/mol. The van der Waals surface area contributed by atoms with Gasteiger partial charge >= 0.3 is 0 Å². The second-order valence-corrected chi connectivity index (χ2v) is 8.16. The molecule has 0 heterocycles. The fourth-order valence-electron chi connectivity index (χ4n) is 3.33. The van der Waals surface area contributed by atoms with Gasteiger partial charge in [-0.25, -0.2) is 0 Å². The Balaban J connectivity index is 1.37. The largest absolute Gasteiger partial charge is 0.479 e. The number of anilines is 4. The molecule has 0 aliphatic carbocycles.